The van der Waals surface area contributed by atoms with Gasteiger partial charge in [-0.15, -0.1) is 0 Å². The van der Waals surface area contributed by atoms with E-state index in [4.69, 9.17) is 33.7 Å². The second-order valence-corrected chi connectivity index (χ2v) is 6.22. The van der Waals surface area contributed by atoms with Gasteiger partial charge in [-0.1, -0.05) is 45.2 Å². The maximum atomic E-state index is 6.17. The van der Waals surface area contributed by atoms with Crippen LogP contribution in [0.2, 0.25) is 10.0 Å². The summed E-state index contributed by atoms with van der Waals surface area (Å²) in [7, 11) is 0. The average Bonchev–Trinajstić information content (AvgIpc) is 2.41. The van der Waals surface area contributed by atoms with E-state index in [2.05, 4.69) is 15.9 Å². The van der Waals surface area contributed by atoms with Gasteiger partial charge in [-0.3, -0.25) is 0 Å². The highest BCUT2D eigenvalue weighted by atomic mass is 79.9. The second kappa shape index (κ2) is 7.32. The number of hydrogen-bond acceptors (Lipinski definition) is 2. The van der Waals surface area contributed by atoms with Crippen molar-refractivity contribution in [1.29, 1.82) is 0 Å². The Kier molecular flexibility index (Phi) is 5.73. The van der Waals surface area contributed by atoms with Crippen molar-refractivity contribution in [2.45, 2.75) is 12.5 Å². The van der Waals surface area contributed by atoms with Crippen LogP contribution in [-0.4, -0.2) is 12.6 Å². The summed E-state index contributed by atoms with van der Waals surface area (Å²) in [6.07, 6.45) is 0.666. The molecule has 0 heterocycles. The Morgan fingerprint density at radius 1 is 1.10 bits per heavy atom. The molecule has 0 aliphatic heterocycles. The molecular formula is C15H14BrCl2NO. The van der Waals surface area contributed by atoms with Gasteiger partial charge in [0.15, 0.2) is 0 Å². The van der Waals surface area contributed by atoms with Crippen LogP contribution in [0.1, 0.15) is 5.56 Å². The van der Waals surface area contributed by atoms with Crippen LogP contribution in [0.25, 0.3) is 0 Å². The Morgan fingerprint density at radius 3 is 2.45 bits per heavy atom. The van der Waals surface area contributed by atoms with E-state index < -0.39 is 0 Å². The topological polar surface area (TPSA) is 35.2 Å². The van der Waals surface area contributed by atoms with Crippen molar-refractivity contribution in [3.05, 3.63) is 62.5 Å². The maximum Gasteiger partial charge on any atom is 0.119 e. The van der Waals surface area contributed by atoms with Gasteiger partial charge in [0.1, 0.15) is 12.4 Å². The zero-order valence-corrected chi connectivity index (χ0v) is 13.8. The molecule has 5 heteroatoms. The minimum absolute atomic E-state index is 0.121. The van der Waals surface area contributed by atoms with Gasteiger partial charge in [0.25, 0.3) is 0 Å². The summed E-state index contributed by atoms with van der Waals surface area (Å²) in [5.41, 5.74) is 7.08. The van der Waals surface area contributed by atoms with E-state index in [0.717, 1.165) is 15.8 Å². The second-order valence-electron chi connectivity index (χ2n) is 4.46. The van der Waals surface area contributed by atoms with E-state index in [9.17, 15) is 0 Å². The average molecular weight is 375 g/mol. The summed E-state index contributed by atoms with van der Waals surface area (Å²) >= 11 is 15.4. The number of ether oxygens (including phenoxy) is 1. The molecule has 2 aromatic carbocycles. The molecule has 0 bridgehead atoms. The first-order valence-electron chi connectivity index (χ1n) is 6.12. The number of benzene rings is 2. The summed E-state index contributed by atoms with van der Waals surface area (Å²) in [5, 5.41) is 1.39. The van der Waals surface area contributed by atoms with Gasteiger partial charge in [0, 0.05) is 20.6 Å². The summed E-state index contributed by atoms with van der Waals surface area (Å²) in [4.78, 5) is 0. The Bertz CT molecular complexity index is 575. The van der Waals surface area contributed by atoms with E-state index in [-0.39, 0.29) is 6.04 Å². The van der Waals surface area contributed by atoms with Crippen molar-refractivity contribution in [3.8, 4) is 5.75 Å². The lowest BCUT2D eigenvalue weighted by molar-refractivity contribution is 0.287. The Hall–Kier alpha value is -0.740. The Morgan fingerprint density at radius 2 is 1.80 bits per heavy atom. The van der Waals surface area contributed by atoms with Gasteiger partial charge < -0.3 is 10.5 Å². The van der Waals surface area contributed by atoms with E-state index >= 15 is 0 Å². The van der Waals surface area contributed by atoms with Gasteiger partial charge in [0.2, 0.25) is 0 Å². The molecule has 0 spiro atoms. The molecule has 2 aromatic rings. The number of hydrogen-bond donors (Lipinski definition) is 1. The molecule has 0 aromatic heterocycles. The summed E-state index contributed by atoms with van der Waals surface area (Å²) in [6, 6.07) is 12.9. The van der Waals surface area contributed by atoms with E-state index in [1.807, 2.05) is 30.3 Å². The quantitative estimate of drug-likeness (QED) is 0.822. The molecule has 0 aliphatic rings. The van der Waals surface area contributed by atoms with Crippen LogP contribution < -0.4 is 10.5 Å². The predicted octanol–water partition coefficient (Wildman–Crippen LogP) is 4.70. The molecule has 106 valence electrons. The number of rotatable bonds is 5. The summed E-state index contributed by atoms with van der Waals surface area (Å²) < 4.78 is 6.58. The molecule has 0 aliphatic carbocycles. The fourth-order valence-corrected chi connectivity index (χ4v) is 2.64. The van der Waals surface area contributed by atoms with Gasteiger partial charge >= 0.3 is 0 Å². The molecule has 1 atom stereocenters. The molecule has 2 N–H and O–H groups in total. The van der Waals surface area contributed by atoms with Crippen LogP contribution >= 0.6 is 39.1 Å². The number of nitrogens with two attached hydrogens (primary N) is 1. The lowest BCUT2D eigenvalue weighted by Gasteiger charge is -2.14. The number of halogens is 3. The third kappa shape index (κ3) is 4.67. The molecule has 0 fully saturated rings. The Labute approximate surface area is 137 Å². The first-order chi connectivity index (χ1) is 9.54. The zero-order chi connectivity index (χ0) is 14.5. The van der Waals surface area contributed by atoms with Crippen LogP contribution in [0.3, 0.4) is 0 Å². The van der Waals surface area contributed by atoms with Crippen LogP contribution in [0.15, 0.2) is 46.9 Å². The fraction of sp³-hybridized carbons (Fsp3) is 0.200. The maximum absolute atomic E-state index is 6.17. The van der Waals surface area contributed by atoms with Crippen molar-refractivity contribution < 1.29 is 4.74 Å². The summed E-state index contributed by atoms with van der Waals surface area (Å²) in [5.74, 6) is 0.756. The molecule has 2 rings (SSSR count). The van der Waals surface area contributed by atoms with Gasteiger partial charge in [-0.2, -0.15) is 0 Å². The normalized spacial score (nSPS) is 12.2. The van der Waals surface area contributed by atoms with E-state index in [1.54, 1.807) is 12.1 Å². The van der Waals surface area contributed by atoms with Gasteiger partial charge in [-0.05, 0) is 48.4 Å². The van der Waals surface area contributed by atoms with Crippen molar-refractivity contribution in [3.63, 3.8) is 0 Å². The van der Waals surface area contributed by atoms with Crippen molar-refractivity contribution in [2.75, 3.05) is 6.61 Å². The first kappa shape index (κ1) is 15.6. The minimum atomic E-state index is -0.121. The molecule has 0 saturated carbocycles. The molecule has 0 saturated heterocycles. The van der Waals surface area contributed by atoms with E-state index in [1.165, 1.54) is 0 Å². The molecule has 1 unspecified atom stereocenters. The minimum Gasteiger partial charge on any atom is -0.492 e. The SMILES string of the molecule is NC(COc1ccc(Cl)cc1)Cc1ccc(Br)cc1Cl. The van der Waals surface area contributed by atoms with Gasteiger partial charge in [0.05, 0.1) is 0 Å². The molecule has 0 radical (unpaired) electrons. The van der Waals surface area contributed by atoms with E-state index in [0.29, 0.717) is 23.1 Å². The predicted molar refractivity (Wildman–Crippen MR) is 87.8 cm³/mol. The van der Waals surface area contributed by atoms with Gasteiger partial charge in [-0.25, -0.2) is 0 Å². The largest absolute Gasteiger partial charge is 0.492 e. The van der Waals surface area contributed by atoms with Crippen molar-refractivity contribution in [2.24, 2.45) is 5.73 Å². The third-order valence-corrected chi connectivity index (χ3v) is 3.87. The van der Waals surface area contributed by atoms with Crippen LogP contribution in [0, 0.1) is 0 Å². The van der Waals surface area contributed by atoms with Crippen LogP contribution in [0.4, 0.5) is 0 Å². The molecule has 20 heavy (non-hydrogen) atoms. The Balaban J connectivity index is 1.89. The summed E-state index contributed by atoms with van der Waals surface area (Å²) in [6.45, 7) is 0.425. The van der Waals surface area contributed by atoms with Crippen LogP contribution in [0.5, 0.6) is 5.75 Å². The molecular weight excluding hydrogens is 361 g/mol. The zero-order valence-electron chi connectivity index (χ0n) is 10.7. The van der Waals surface area contributed by atoms with Crippen molar-refractivity contribution in [1.82, 2.24) is 0 Å². The standard InChI is InChI=1S/C15H14BrCl2NO/c16-11-2-1-10(15(18)8-11)7-13(19)9-20-14-5-3-12(17)4-6-14/h1-6,8,13H,7,9,19H2. The van der Waals surface area contributed by atoms with Crippen molar-refractivity contribution >= 4 is 39.1 Å². The molecule has 0 amide bonds. The third-order valence-electron chi connectivity index (χ3n) is 2.77. The molecule has 2 nitrogen and oxygen atoms in total. The highest BCUT2D eigenvalue weighted by Gasteiger charge is 2.09. The highest BCUT2D eigenvalue weighted by Crippen LogP contribution is 2.22. The first-order valence-corrected chi connectivity index (χ1v) is 7.67. The monoisotopic (exact) mass is 373 g/mol. The lowest BCUT2D eigenvalue weighted by atomic mass is 10.1. The fourth-order valence-electron chi connectivity index (χ4n) is 1.76. The highest BCUT2D eigenvalue weighted by molar-refractivity contribution is 9.10. The smallest absolute Gasteiger partial charge is 0.119 e. The van der Waals surface area contributed by atoms with Crippen LogP contribution in [-0.2, 0) is 6.42 Å². The lowest BCUT2D eigenvalue weighted by Crippen LogP contribution is -2.30.